The lowest BCUT2D eigenvalue weighted by Gasteiger charge is -2.18. The highest BCUT2D eigenvalue weighted by Crippen LogP contribution is 2.21. The standard InChI is InChI=1S/C26H20N6O3/c33-24(16-8-2-1-3-9-16)29-23(22-19-11-4-5-12-20(19)25(34)32-30-22)26(35)31-28-15-17-14-27-21-13-7-6-10-18(17)21/h1-15,23,27H,(H,29,33)(H,31,35)(H,32,34)/t23-/m0/s1. The molecule has 35 heavy (non-hydrogen) atoms. The second-order valence-electron chi connectivity index (χ2n) is 7.78. The Labute approximate surface area is 198 Å². The van der Waals surface area contributed by atoms with E-state index in [1.165, 1.54) is 6.21 Å². The van der Waals surface area contributed by atoms with Crippen LogP contribution in [0.2, 0.25) is 0 Å². The lowest BCUT2D eigenvalue weighted by molar-refractivity contribution is -0.123. The van der Waals surface area contributed by atoms with Crippen molar-refractivity contribution in [3.63, 3.8) is 0 Å². The molecule has 0 saturated carbocycles. The largest absolute Gasteiger partial charge is 0.361 e. The highest BCUT2D eigenvalue weighted by molar-refractivity contribution is 6.01. The van der Waals surface area contributed by atoms with Gasteiger partial charge >= 0.3 is 0 Å². The van der Waals surface area contributed by atoms with Crippen molar-refractivity contribution >= 4 is 39.7 Å². The van der Waals surface area contributed by atoms with Gasteiger partial charge in [-0.1, -0.05) is 54.6 Å². The summed E-state index contributed by atoms with van der Waals surface area (Å²) in [7, 11) is 0. The number of hydrogen-bond acceptors (Lipinski definition) is 5. The third-order valence-corrected chi connectivity index (χ3v) is 5.57. The predicted molar refractivity (Wildman–Crippen MR) is 133 cm³/mol. The number of aromatic nitrogens is 3. The summed E-state index contributed by atoms with van der Waals surface area (Å²) < 4.78 is 0. The average Bonchev–Trinajstić information content (AvgIpc) is 3.31. The third-order valence-electron chi connectivity index (χ3n) is 5.57. The van der Waals surface area contributed by atoms with Crippen LogP contribution < -0.4 is 16.3 Å². The maximum Gasteiger partial charge on any atom is 0.272 e. The van der Waals surface area contributed by atoms with Gasteiger partial charge in [0.2, 0.25) is 0 Å². The molecular formula is C26H20N6O3. The Bertz CT molecular complexity index is 1620. The number of amides is 2. The van der Waals surface area contributed by atoms with Gasteiger partial charge in [-0.25, -0.2) is 10.5 Å². The fraction of sp³-hybridized carbons (Fsp3) is 0.0385. The summed E-state index contributed by atoms with van der Waals surface area (Å²) in [5.74, 6) is -1.08. The van der Waals surface area contributed by atoms with Gasteiger partial charge in [-0.3, -0.25) is 14.4 Å². The van der Waals surface area contributed by atoms with Gasteiger partial charge in [0.15, 0.2) is 6.04 Å². The van der Waals surface area contributed by atoms with E-state index in [1.54, 1.807) is 60.8 Å². The van der Waals surface area contributed by atoms with Crippen LogP contribution in [0.3, 0.4) is 0 Å². The number of carbonyl (C=O) groups is 2. The van der Waals surface area contributed by atoms with Crippen LogP contribution >= 0.6 is 0 Å². The normalized spacial score (nSPS) is 12.1. The predicted octanol–water partition coefficient (Wildman–Crippen LogP) is 3.03. The molecule has 3 aromatic carbocycles. The zero-order chi connectivity index (χ0) is 24.2. The van der Waals surface area contributed by atoms with E-state index in [0.717, 1.165) is 16.5 Å². The first kappa shape index (κ1) is 21.8. The summed E-state index contributed by atoms with van der Waals surface area (Å²) in [5.41, 5.74) is 4.40. The van der Waals surface area contributed by atoms with E-state index >= 15 is 0 Å². The summed E-state index contributed by atoms with van der Waals surface area (Å²) in [6, 6.07) is 21.8. The van der Waals surface area contributed by atoms with Crippen LogP contribution in [-0.4, -0.2) is 33.2 Å². The Morgan fingerprint density at radius 1 is 0.886 bits per heavy atom. The van der Waals surface area contributed by atoms with Gasteiger partial charge in [0, 0.05) is 33.6 Å². The summed E-state index contributed by atoms with van der Waals surface area (Å²) in [4.78, 5) is 41.5. The number of para-hydroxylation sites is 1. The Kier molecular flexibility index (Phi) is 5.87. The van der Waals surface area contributed by atoms with E-state index in [9.17, 15) is 14.4 Å². The Morgan fingerprint density at radius 3 is 2.37 bits per heavy atom. The monoisotopic (exact) mass is 464 g/mol. The fourth-order valence-corrected chi connectivity index (χ4v) is 3.85. The average molecular weight is 464 g/mol. The number of carbonyl (C=O) groups excluding carboxylic acids is 2. The van der Waals surface area contributed by atoms with Crippen molar-refractivity contribution < 1.29 is 9.59 Å². The lowest BCUT2D eigenvalue weighted by atomic mass is 10.0. The maximum absolute atomic E-state index is 13.3. The zero-order valence-electron chi connectivity index (χ0n) is 18.4. The summed E-state index contributed by atoms with van der Waals surface area (Å²) in [6.45, 7) is 0. The number of hydrogen-bond donors (Lipinski definition) is 4. The Hall–Kier alpha value is -5.05. The van der Waals surface area contributed by atoms with Crippen LogP contribution in [0.1, 0.15) is 27.7 Å². The molecule has 9 nitrogen and oxygen atoms in total. The van der Waals surface area contributed by atoms with Crippen LogP contribution in [0.25, 0.3) is 21.7 Å². The van der Waals surface area contributed by atoms with Crippen LogP contribution in [0.4, 0.5) is 0 Å². The quantitative estimate of drug-likeness (QED) is 0.227. The summed E-state index contributed by atoms with van der Waals surface area (Å²) >= 11 is 0. The van der Waals surface area contributed by atoms with Crippen LogP contribution in [0.15, 0.2) is 95.0 Å². The second kappa shape index (κ2) is 9.44. The number of hydrazone groups is 1. The van der Waals surface area contributed by atoms with Gasteiger partial charge < -0.3 is 10.3 Å². The minimum atomic E-state index is -1.22. The van der Waals surface area contributed by atoms with Crippen molar-refractivity contribution in [2.45, 2.75) is 6.04 Å². The van der Waals surface area contributed by atoms with Crippen molar-refractivity contribution in [2.75, 3.05) is 0 Å². The molecule has 0 radical (unpaired) electrons. The SMILES string of the molecule is O=C(N[C@H](C(=O)NN=Cc1c[nH]c2ccccc12)c1n[nH]c(=O)c2ccccc12)c1ccccc1. The van der Waals surface area contributed by atoms with Gasteiger partial charge in [0.1, 0.15) is 5.69 Å². The summed E-state index contributed by atoms with van der Waals surface area (Å²) in [5, 5.41) is 15.1. The molecule has 5 rings (SSSR count). The summed E-state index contributed by atoms with van der Waals surface area (Å²) in [6.07, 6.45) is 3.30. The molecule has 0 aliphatic heterocycles. The first-order valence-corrected chi connectivity index (χ1v) is 10.8. The van der Waals surface area contributed by atoms with Crippen molar-refractivity contribution in [3.8, 4) is 0 Å². The highest BCUT2D eigenvalue weighted by Gasteiger charge is 2.27. The lowest BCUT2D eigenvalue weighted by Crippen LogP contribution is -2.40. The van der Waals surface area contributed by atoms with Crippen LogP contribution in [0.5, 0.6) is 0 Å². The number of nitrogens with zero attached hydrogens (tertiary/aromatic N) is 2. The molecular weight excluding hydrogens is 444 g/mol. The van der Waals surface area contributed by atoms with Crippen LogP contribution in [-0.2, 0) is 4.79 Å². The Balaban J connectivity index is 1.47. The number of rotatable bonds is 6. The molecule has 2 aromatic heterocycles. The van der Waals surface area contributed by atoms with Gasteiger partial charge in [0.05, 0.1) is 11.6 Å². The molecule has 0 aliphatic rings. The second-order valence-corrected chi connectivity index (χ2v) is 7.78. The van der Waals surface area contributed by atoms with E-state index < -0.39 is 23.4 Å². The molecule has 0 fully saturated rings. The van der Waals surface area contributed by atoms with E-state index in [4.69, 9.17) is 0 Å². The number of H-pyrrole nitrogens is 2. The fourth-order valence-electron chi connectivity index (χ4n) is 3.85. The molecule has 5 aromatic rings. The molecule has 0 saturated heterocycles. The van der Waals surface area contributed by atoms with Gasteiger partial charge in [-0.2, -0.15) is 10.2 Å². The van der Waals surface area contributed by atoms with Gasteiger partial charge in [-0.15, -0.1) is 0 Å². The molecule has 4 N–H and O–H groups in total. The topological polar surface area (TPSA) is 132 Å². The van der Waals surface area contributed by atoms with Crippen molar-refractivity contribution in [2.24, 2.45) is 5.10 Å². The molecule has 1 atom stereocenters. The molecule has 0 unspecified atom stereocenters. The van der Waals surface area contributed by atoms with E-state index in [1.807, 2.05) is 24.3 Å². The molecule has 9 heteroatoms. The molecule has 2 amide bonds. The minimum absolute atomic E-state index is 0.198. The van der Waals surface area contributed by atoms with Crippen molar-refractivity contribution in [3.05, 3.63) is 112 Å². The van der Waals surface area contributed by atoms with Crippen molar-refractivity contribution in [1.29, 1.82) is 0 Å². The minimum Gasteiger partial charge on any atom is -0.361 e. The first-order valence-electron chi connectivity index (χ1n) is 10.8. The molecule has 0 bridgehead atoms. The highest BCUT2D eigenvalue weighted by atomic mass is 16.2. The van der Waals surface area contributed by atoms with E-state index in [-0.39, 0.29) is 5.69 Å². The molecule has 172 valence electrons. The van der Waals surface area contributed by atoms with Crippen LogP contribution in [0, 0.1) is 0 Å². The first-order chi connectivity index (χ1) is 17.1. The maximum atomic E-state index is 13.3. The number of benzene rings is 3. The molecule has 0 aliphatic carbocycles. The van der Waals surface area contributed by atoms with Gasteiger partial charge in [0.25, 0.3) is 17.4 Å². The smallest absolute Gasteiger partial charge is 0.272 e. The molecule has 2 heterocycles. The Morgan fingerprint density at radius 2 is 1.57 bits per heavy atom. The van der Waals surface area contributed by atoms with E-state index in [2.05, 4.69) is 31.0 Å². The third kappa shape index (κ3) is 4.42. The number of fused-ring (bicyclic) bond motifs is 2. The molecule has 0 spiro atoms. The number of aromatic amines is 2. The van der Waals surface area contributed by atoms with E-state index in [0.29, 0.717) is 16.3 Å². The number of nitrogens with one attached hydrogen (secondary N) is 4. The zero-order valence-corrected chi connectivity index (χ0v) is 18.4. The van der Waals surface area contributed by atoms with Crippen molar-refractivity contribution in [1.82, 2.24) is 25.9 Å². The van der Waals surface area contributed by atoms with Gasteiger partial charge in [-0.05, 0) is 24.3 Å².